The molecule has 27 nitrogen and oxygen atoms in total. The molecular weight excluding hydrogens is 1110 g/mol. The van der Waals surface area contributed by atoms with Crippen molar-refractivity contribution in [3.05, 3.63) is 41.2 Å². The zero-order valence-electron chi connectivity index (χ0n) is 50.5. The Balaban J connectivity index is 1.02. The first-order chi connectivity index (χ1) is 41.5. The summed E-state index contributed by atoms with van der Waals surface area (Å²) >= 11 is 0. The SMILES string of the molecule is CCN1CCN(CC(=O)O)CCN(CCOO)CCN(CC(=O)O)C(Cc2ccc(Cc3nc(N4CCCCC4)nc(N4CCN(CCCCCCCCCCC(=O)NCCCC[C@H](NC(=O)N[C@@H](CCC(=O)O)C(=O)O)C(=O)O)CC4)n3)cc2)C1. The molecule has 1 unspecified atom stereocenters. The van der Waals surface area contributed by atoms with E-state index in [0.717, 1.165) is 139 Å². The van der Waals surface area contributed by atoms with Crippen molar-refractivity contribution < 1.29 is 69.2 Å². The number of aliphatic carboxylic acids is 5. The molecule has 27 heteroatoms. The number of piperidine rings is 1. The number of rotatable bonds is 37. The first kappa shape index (κ1) is 70.4. The molecule has 3 saturated heterocycles. The number of hydrogen-bond acceptors (Lipinski definition) is 19. The summed E-state index contributed by atoms with van der Waals surface area (Å²) in [6, 6.07) is 4.55. The van der Waals surface area contributed by atoms with Gasteiger partial charge >= 0.3 is 35.9 Å². The number of hydrogen-bond donors (Lipinski definition) is 9. The van der Waals surface area contributed by atoms with E-state index in [9.17, 15) is 54.0 Å². The lowest BCUT2D eigenvalue weighted by Gasteiger charge is -2.38. The van der Waals surface area contributed by atoms with Crippen LogP contribution in [0.1, 0.15) is 133 Å². The lowest BCUT2D eigenvalue weighted by molar-refractivity contribution is -0.244. The second-order valence-electron chi connectivity index (χ2n) is 22.9. The average Bonchev–Trinajstić information content (AvgIpc) is 3.22. The number of likely N-dealkylation sites (N-methyl/N-ethyl adjacent to an activating group) is 1. The average molecular weight is 1210 g/mol. The molecule has 3 aliphatic rings. The molecule has 482 valence electrons. The lowest BCUT2D eigenvalue weighted by Crippen LogP contribution is -2.52. The second-order valence-corrected chi connectivity index (χ2v) is 22.9. The summed E-state index contributed by atoms with van der Waals surface area (Å²) in [5.74, 6) is -3.63. The van der Waals surface area contributed by atoms with Crippen molar-refractivity contribution in [1.29, 1.82) is 0 Å². The summed E-state index contributed by atoms with van der Waals surface area (Å²) in [6.45, 7) is 13.7. The topological polar surface area (TPSA) is 348 Å². The highest BCUT2D eigenvalue weighted by molar-refractivity contribution is 5.86. The van der Waals surface area contributed by atoms with Crippen molar-refractivity contribution in [2.24, 2.45) is 0 Å². The molecule has 0 aliphatic carbocycles. The van der Waals surface area contributed by atoms with Crippen LogP contribution in [0.25, 0.3) is 0 Å². The zero-order valence-corrected chi connectivity index (χ0v) is 50.5. The van der Waals surface area contributed by atoms with Crippen LogP contribution in [0.15, 0.2) is 24.3 Å². The van der Waals surface area contributed by atoms with Crippen LogP contribution < -0.4 is 25.8 Å². The van der Waals surface area contributed by atoms with Crippen LogP contribution in [0.5, 0.6) is 0 Å². The number of carboxylic acids is 5. The minimum absolute atomic E-state index is 0.0632. The number of carbonyl (C=O) groups excluding carboxylic acids is 2. The number of anilines is 2. The number of carbonyl (C=O) groups is 7. The van der Waals surface area contributed by atoms with Gasteiger partial charge in [0.1, 0.15) is 17.9 Å². The minimum Gasteiger partial charge on any atom is -0.481 e. The van der Waals surface area contributed by atoms with Gasteiger partial charge < -0.3 is 56.2 Å². The van der Waals surface area contributed by atoms with Gasteiger partial charge in [0.05, 0.1) is 19.7 Å². The van der Waals surface area contributed by atoms with E-state index >= 15 is 0 Å². The third-order valence-electron chi connectivity index (χ3n) is 16.3. The van der Waals surface area contributed by atoms with Crippen LogP contribution >= 0.6 is 0 Å². The Labute approximate surface area is 505 Å². The van der Waals surface area contributed by atoms with Crippen LogP contribution in [0, 0.1) is 0 Å². The van der Waals surface area contributed by atoms with Gasteiger partial charge in [-0.3, -0.25) is 44.0 Å². The van der Waals surface area contributed by atoms with Gasteiger partial charge in [0.25, 0.3) is 0 Å². The summed E-state index contributed by atoms with van der Waals surface area (Å²) in [7, 11) is 0. The number of nitrogens with zero attached hydrogens (tertiary/aromatic N) is 10. The maximum atomic E-state index is 12.4. The number of urea groups is 1. The number of unbranched alkanes of at least 4 members (excludes halogenated alkanes) is 8. The molecule has 3 amide bonds. The van der Waals surface area contributed by atoms with Crippen molar-refractivity contribution >= 4 is 53.7 Å². The molecule has 1 aromatic carbocycles. The largest absolute Gasteiger partial charge is 0.481 e. The molecule has 3 aliphatic heterocycles. The van der Waals surface area contributed by atoms with E-state index in [0.29, 0.717) is 91.0 Å². The van der Waals surface area contributed by atoms with Crippen molar-refractivity contribution in [1.82, 2.24) is 55.4 Å². The van der Waals surface area contributed by atoms with E-state index in [2.05, 4.69) is 76.5 Å². The first-order valence-electron chi connectivity index (χ1n) is 31.2. The van der Waals surface area contributed by atoms with E-state index in [1.807, 2.05) is 9.80 Å². The highest BCUT2D eigenvalue weighted by Gasteiger charge is 2.29. The fourth-order valence-corrected chi connectivity index (χ4v) is 11.2. The monoisotopic (exact) mass is 1210 g/mol. The van der Waals surface area contributed by atoms with Crippen molar-refractivity contribution in [2.75, 3.05) is 141 Å². The highest BCUT2D eigenvalue weighted by Crippen LogP contribution is 2.23. The molecule has 86 heavy (non-hydrogen) atoms. The first-order valence-corrected chi connectivity index (χ1v) is 31.2. The molecule has 9 N–H and O–H groups in total. The van der Waals surface area contributed by atoms with Crippen LogP contribution in [0.3, 0.4) is 0 Å². The molecule has 0 spiro atoms. The zero-order chi connectivity index (χ0) is 62.1. The van der Waals surface area contributed by atoms with Gasteiger partial charge in [0, 0.05) is 123 Å². The Bertz CT molecular complexity index is 2380. The predicted octanol–water partition coefficient (Wildman–Crippen LogP) is 3.25. The van der Waals surface area contributed by atoms with Gasteiger partial charge in [0.2, 0.25) is 17.8 Å². The number of piperazine rings is 1. The Kier molecular flexibility index (Phi) is 32.3. The Morgan fingerprint density at radius 3 is 1.71 bits per heavy atom. The Hall–Kier alpha value is -6.36. The van der Waals surface area contributed by atoms with Crippen LogP contribution in [-0.2, 0) is 46.5 Å². The molecule has 2 aromatic rings. The molecule has 5 rings (SSSR count). The summed E-state index contributed by atoms with van der Waals surface area (Å²) in [5, 5.41) is 63.6. The standard InChI is InChI=1S/C59H97N13O14/c1-2-66-28-30-69(43-53(76)77)31-29-68(38-39-86-85)34-37-72(44-54(78)79)47(42-66)40-45-18-20-46(21-19-45)41-50-63-57(70-26-14-9-15-27-70)65-58(64-50)71-35-32-67(33-36-71)25-13-8-6-4-3-5-7-10-17-51(73)60-24-12-11-16-48(55(80)81)61-59(84)62-49(56(82)83)22-23-52(74)75/h18-21,47-49,85H,2-17,22-44H2,1H3,(H,60,73)(H,74,75)(H,76,77)(H,78,79)(H,80,81)(H,82,83)(H2,61,62,84)/t47?,48-,49-/m0/s1. The normalized spacial score (nSPS) is 18.1. The van der Waals surface area contributed by atoms with Crippen molar-refractivity contribution in [2.45, 2.75) is 147 Å². The molecule has 0 bridgehead atoms. The van der Waals surface area contributed by atoms with E-state index in [1.165, 1.54) is 12.8 Å². The van der Waals surface area contributed by atoms with Gasteiger partial charge in [-0.15, -0.1) is 0 Å². The number of carboxylic acid groups (broad SMARTS) is 5. The van der Waals surface area contributed by atoms with Gasteiger partial charge in [0.15, 0.2) is 0 Å². The smallest absolute Gasteiger partial charge is 0.326 e. The van der Waals surface area contributed by atoms with Crippen LogP contribution in [0.2, 0.25) is 0 Å². The third kappa shape index (κ3) is 27.6. The van der Waals surface area contributed by atoms with Gasteiger partial charge in [-0.1, -0.05) is 69.7 Å². The quantitative estimate of drug-likeness (QED) is 0.0266. The molecule has 1 aromatic heterocycles. The van der Waals surface area contributed by atoms with Gasteiger partial charge in [-0.25, -0.2) is 19.3 Å². The maximum Gasteiger partial charge on any atom is 0.326 e. The highest BCUT2D eigenvalue weighted by atomic mass is 17.1. The number of benzene rings is 1. The fraction of sp³-hybridized carbons (Fsp3) is 0.729. The number of aromatic nitrogens is 3. The second kappa shape index (κ2) is 39.4. The lowest BCUT2D eigenvalue weighted by atomic mass is 10.0. The fourth-order valence-electron chi connectivity index (χ4n) is 11.2. The van der Waals surface area contributed by atoms with E-state index in [4.69, 9.17) is 25.3 Å². The van der Waals surface area contributed by atoms with Gasteiger partial charge in [-0.2, -0.15) is 15.0 Å². The molecular formula is C59H97N13O14. The van der Waals surface area contributed by atoms with Crippen LogP contribution in [-0.4, -0.2) is 261 Å². The van der Waals surface area contributed by atoms with Gasteiger partial charge in [-0.05, 0) is 88.4 Å². The Morgan fingerprint density at radius 2 is 1.10 bits per heavy atom. The summed E-state index contributed by atoms with van der Waals surface area (Å²) in [6.07, 6.45) is 13.6. The number of nitrogens with one attached hydrogen (secondary N) is 3. The van der Waals surface area contributed by atoms with E-state index in [-0.39, 0.29) is 44.5 Å². The maximum absolute atomic E-state index is 12.4. The Morgan fingerprint density at radius 1 is 0.558 bits per heavy atom. The van der Waals surface area contributed by atoms with E-state index in [1.54, 1.807) is 0 Å². The predicted molar refractivity (Wildman–Crippen MR) is 322 cm³/mol. The summed E-state index contributed by atoms with van der Waals surface area (Å²) in [4.78, 5) is 118. The summed E-state index contributed by atoms with van der Waals surface area (Å²) in [5.41, 5.74) is 2.14. The number of amides is 3. The molecule has 3 fully saturated rings. The summed E-state index contributed by atoms with van der Waals surface area (Å²) < 4.78 is 0. The van der Waals surface area contributed by atoms with E-state index < -0.39 is 54.4 Å². The molecule has 4 heterocycles. The molecule has 3 atom stereocenters. The van der Waals surface area contributed by atoms with Crippen LogP contribution in [0.4, 0.5) is 16.7 Å². The minimum atomic E-state index is -1.48. The van der Waals surface area contributed by atoms with Crippen molar-refractivity contribution in [3.63, 3.8) is 0 Å². The third-order valence-corrected chi connectivity index (χ3v) is 16.3. The molecule has 0 radical (unpaired) electrons. The molecule has 0 saturated carbocycles. The van der Waals surface area contributed by atoms with Crippen molar-refractivity contribution in [3.8, 4) is 0 Å².